The molecule has 1 aliphatic rings. The van der Waals surface area contributed by atoms with E-state index in [1.807, 2.05) is 12.4 Å². The van der Waals surface area contributed by atoms with E-state index in [1.165, 1.54) is 11.1 Å². The van der Waals surface area contributed by atoms with E-state index in [1.54, 1.807) is 0 Å². The Bertz CT molecular complexity index is 1160. The van der Waals surface area contributed by atoms with E-state index in [0.717, 1.165) is 47.9 Å². The molecule has 2 aromatic rings. The molecule has 3 rings (SSSR count). The van der Waals surface area contributed by atoms with Gasteiger partial charge < -0.3 is 10.2 Å². The lowest BCUT2D eigenvalue weighted by molar-refractivity contribution is 0.389. The lowest BCUT2D eigenvalue weighted by Crippen LogP contribution is -2.27. The number of aliphatic imine (C=N–C) groups is 2. The molecule has 2 N–H and O–H groups in total. The van der Waals surface area contributed by atoms with Crippen LogP contribution in [-0.2, 0) is 21.7 Å². The molecule has 1 fully saturated rings. The number of rotatable bonds is 4. The van der Waals surface area contributed by atoms with Gasteiger partial charge in [-0.25, -0.2) is 0 Å². The highest BCUT2D eigenvalue weighted by molar-refractivity contribution is 5.86. The molecule has 4 nitrogen and oxygen atoms in total. The Morgan fingerprint density at radius 1 is 0.550 bits per heavy atom. The van der Waals surface area contributed by atoms with Gasteiger partial charge in [-0.1, -0.05) is 108 Å². The Kier molecular flexibility index (Phi) is 9.04. The van der Waals surface area contributed by atoms with E-state index in [4.69, 9.17) is 9.98 Å². The summed E-state index contributed by atoms with van der Waals surface area (Å²) in [4.78, 5) is 10.1. The van der Waals surface area contributed by atoms with E-state index < -0.39 is 0 Å². The third-order valence-electron chi connectivity index (χ3n) is 8.13. The van der Waals surface area contributed by atoms with Crippen LogP contribution in [0.2, 0.25) is 0 Å². The molecule has 0 amide bonds. The maximum atomic E-state index is 11.2. The molecule has 2 aromatic carbocycles. The first-order chi connectivity index (χ1) is 18.2. The number of hydrogen-bond acceptors (Lipinski definition) is 4. The number of phenolic OH excluding ortho intramolecular Hbond substituents is 2. The fraction of sp³-hybridized carbons (Fsp3) is 0.611. The Morgan fingerprint density at radius 3 is 1.15 bits per heavy atom. The van der Waals surface area contributed by atoms with Crippen molar-refractivity contribution in [1.82, 2.24) is 0 Å². The maximum absolute atomic E-state index is 11.2. The topological polar surface area (TPSA) is 65.2 Å². The molecule has 2 atom stereocenters. The van der Waals surface area contributed by atoms with Gasteiger partial charge in [-0.15, -0.1) is 0 Å². The summed E-state index contributed by atoms with van der Waals surface area (Å²) in [6.45, 7) is 26.0. The van der Waals surface area contributed by atoms with Crippen molar-refractivity contribution >= 4 is 12.4 Å². The first-order valence-corrected chi connectivity index (χ1v) is 15.0. The van der Waals surface area contributed by atoms with E-state index in [-0.39, 0.29) is 33.7 Å². The largest absolute Gasteiger partial charge is 0.507 e. The summed E-state index contributed by atoms with van der Waals surface area (Å²) in [5.74, 6) is 0.637. The Morgan fingerprint density at radius 2 is 0.875 bits per heavy atom. The monoisotopic (exact) mass is 546 g/mol. The highest BCUT2D eigenvalue weighted by atomic mass is 16.3. The quantitative estimate of drug-likeness (QED) is 0.376. The van der Waals surface area contributed by atoms with Crippen LogP contribution >= 0.6 is 0 Å². The van der Waals surface area contributed by atoms with Crippen LogP contribution in [0.3, 0.4) is 0 Å². The Labute approximate surface area is 244 Å². The van der Waals surface area contributed by atoms with Gasteiger partial charge in [-0.05, 0) is 57.8 Å². The third kappa shape index (κ3) is 7.56. The van der Waals surface area contributed by atoms with Crippen LogP contribution in [0.5, 0.6) is 11.5 Å². The second kappa shape index (κ2) is 11.3. The minimum Gasteiger partial charge on any atom is -0.507 e. The molecule has 0 aromatic heterocycles. The summed E-state index contributed by atoms with van der Waals surface area (Å²) in [5, 5.41) is 22.5. The molecular formula is C36H54N2O2. The molecule has 1 aliphatic carbocycles. The summed E-state index contributed by atoms with van der Waals surface area (Å²) in [6.07, 6.45) is 7.90. The van der Waals surface area contributed by atoms with E-state index in [9.17, 15) is 10.2 Å². The molecular weight excluding hydrogens is 492 g/mol. The zero-order chi connectivity index (χ0) is 30.3. The third-order valence-corrected chi connectivity index (χ3v) is 8.13. The number of benzene rings is 2. The molecule has 1 saturated carbocycles. The Hall–Kier alpha value is -2.62. The van der Waals surface area contributed by atoms with Crippen LogP contribution in [0.4, 0.5) is 0 Å². The van der Waals surface area contributed by atoms with Crippen molar-refractivity contribution in [2.24, 2.45) is 9.98 Å². The molecule has 0 heterocycles. The lowest BCUT2D eigenvalue weighted by atomic mass is 9.79. The molecule has 0 radical (unpaired) electrons. The highest BCUT2D eigenvalue weighted by Gasteiger charge is 2.28. The predicted octanol–water partition coefficient (Wildman–Crippen LogP) is 9.14. The molecule has 220 valence electrons. The van der Waals surface area contributed by atoms with Crippen LogP contribution < -0.4 is 0 Å². The second-order valence-corrected chi connectivity index (χ2v) is 15.9. The number of aromatic hydroxyl groups is 2. The molecule has 40 heavy (non-hydrogen) atoms. The van der Waals surface area contributed by atoms with E-state index >= 15 is 0 Å². The summed E-state index contributed by atoms with van der Waals surface area (Å²) in [6, 6.07) is 8.53. The summed E-state index contributed by atoms with van der Waals surface area (Å²) < 4.78 is 0. The minimum absolute atomic E-state index is 0.0378. The van der Waals surface area contributed by atoms with Crippen molar-refractivity contribution in [2.45, 2.75) is 143 Å². The van der Waals surface area contributed by atoms with Crippen LogP contribution in [0.15, 0.2) is 34.3 Å². The number of phenols is 2. The van der Waals surface area contributed by atoms with E-state index in [0.29, 0.717) is 11.5 Å². The molecule has 0 unspecified atom stereocenters. The fourth-order valence-corrected chi connectivity index (χ4v) is 5.31. The Balaban J connectivity index is 2.00. The zero-order valence-electron chi connectivity index (χ0n) is 27.2. The first-order valence-electron chi connectivity index (χ1n) is 15.0. The molecule has 4 heteroatoms. The smallest absolute Gasteiger partial charge is 0.128 e. The van der Waals surface area contributed by atoms with Crippen LogP contribution in [0.25, 0.3) is 0 Å². The van der Waals surface area contributed by atoms with Crippen molar-refractivity contribution < 1.29 is 10.2 Å². The maximum Gasteiger partial charge on any atom is 0.128 e. The van der Waals surface area contributed by atoms with E-state index in [2.05, 4.69) is 107 Å². The van der Waals surface area contributed by atoms with Gasteiger partial charge in [-0.3, -0.25) is 9.98 Å². The summed E-state index contributed by atoms with van der Waals surface area (Å²) >= 11 is 0. The van der Waals surface area contributed by atoms with Gasteiger partial charge in [0.15, 0.2) is 0 Å². The van der Waals surface area contributed by atoms with Crippen LogP contribution in [0, 0.1) is 0 Å². The normalized spacial score (nSPS) is 19.6. The van der Waals surface area contributed by atoms with Crippen molar-refractivity contribution in [3.8, 4) is 11.5 Å². The summed E-state index contributed by atoms with van der Waals surface area (Å²) in [7, 11) is 0. The highest BCUT2D eigenvalue weighted by Crippen LogP contribution is 2.39. The molecule has 0 spiro atoms. The minimum atomic E-state index is -0.179. The summed E-state index contributed by atoms with van der Waals surface area (Å²) in [5.41, 5.74) is 5.39. The van der Waals surface area contributed by atoms with Crippen molar-refractivity contribution in [3.63, 3.8) is 0 Å². The molecule has 0 bridgehead atoms. The van der Waals surface area contributed by atoms with Gasteiger partial charge in [0, 0.05) is 34.7 Å². The standard InChI is InChI=1S/C36H54N2O2/c1-33(2,3)25-17-23(31(39)27(19-25)35(7,8)9)21-37-29-15-13-14-16-30(29)38-22-24-18-26(34(4,5)6)20-28(32(24)40)36(10,11)12/h17-22,29-30,39-40H,13-16H2,1-12H3/b37-21+,38-22+/t29-,30-/m0/s1. The van der Waals surface area contributed by atoms with Gasteiger partial charge in [0.1, 0.15) is 11.5 Å². The number of hydrogen-bond donors (Lipinski definition) is 2. The zero-order valence-corrected chi connectivity index (χ0v) is 27.2. The predicted molar refractivity (Wildman–Crippen MR) is 172 cm³/mol. The first kappa shape index (κ1) is 31.9. The van der Waals surface area contributed by atoms with Crippen LogP contribution in [-0.4, -0.2) is 34.7 Å². The molecule has 0 aliphatic heterocycles. The van der Waals surface area contributed by atoms with Gasteiger partial charge in [-0.2, -0.15) is 0 Å². The van der Waals surface area contributed by atoms with Crippen molar-refractivity contribution in [3.05, 3.63) is 57.6 Å². The molecule has 0 saturated heterocycles. The van der Waals surface area contributed by atoms with Gasteiger partial charge in [0.05, 0.1) is 12.1 Å². The lowest BCUT2D eigenvalue weighted by Gasteiger charge is -2.28. The van der Waals surface area contributed by atoms with Gasteiger partial charge >= 0.3 is 0 Å². The van der Waals surface area contributed by atoms with Gasteiger partial charge in [0.2, 0.25) is 0 Å². The second-order valence-electron chi connectivity index (χ2n) is 15.9. The SMILES string of the molecule is CC(C)(C)c1cc(/C=N/[C@H]2CCCC[C@@H]2/N=C/c2cc(C(C)(C)C)cc(C(C)(C)C)c2O)c(O)c(C(C)(C)C)c1. The average Bonchev–Trinajstić information content (AvgIpc) is 2.80. The van der Waals surface area contributed by atoms with Crippen molar-refractivity contribution in [1.29, 1.82) is 0 Å². The number of nitrogens with zero attached hydrogens (tertiary/aromatic N) is 2. The fourth-order valence-electron chi connectivity index (χ4n) is 5.31. The van der Waals surface area contributed by atoms with Crippen LogP contribution in [0.1, 0.15) is 142 Å². The van der Waals surface area contributed by atoms with Crippen molar-refractivity contribution in [2.75, 3.05) is 0 Å². The van der Waals surface area contributed by atoms with Gasteiger partial charge in [0.25, 0.3) is 0 Å². The average molecular weight is 547 g/mol.